The van der Waals surface area contributed by atoms with Gasteiger partial charge in [0.05, 0.1) is 11.9 Å². The molecule has 3 rings (SSSR count). The van der Waals surface area contributed by atoms with Gasteiger partial charge >= 0.3 is 6.09 Å². The zero-order valence-corrected chi connectivity index (χ0v) is 10.7. The summed E-state index contributed by atoms with van der Waals surface area (Å²) in [6.45, 7) is 0.578. The third-order valence-electron chi connectivity index (χ3n) is 3.47. The van der Waals surface area contributed by atoms with Crippen molar-refractivity contribution in [3.8, 4) is 11.1 Å². The molecule has 0 saturated heterocycles. The summed E-state index contributed by atoms with van der Waals surface area (Å²) in [6, 6.07) is 5.92. The van der Waals surface area contributed by atoms with Crippen molar-refractivity contribution < 1.29 is 9.90 Å². The van der Waals surface area contributed by atoms with Crippen LogP contribution in [0.5, 0.6) is 0 Å². The van der Waals surface area contributed by atoms with Crippen LogP contribution in [0.3, 0.4) is 0 Å². The summed E-state index contributed by atoms with van der Waals surface area (Å²) in [7, 11) is 1.88. The standard InChI is InChI=1S/C14H15N3O2/c1-16-9-12(8-15-16)10-4-5-13-11(7-10)3-2-6-17(13)14(18)19/h4-5,7-9H,2-3,6H2,1H3,(H,18,19). The van der Waals surface area contributed by atoms with E-state index in [4.69, 9.17) is 0 Å². The predicted octanol–water partition coefficient (Wildman–Crippen LogP) is 2.52. The van der Waals surface area contributed by atoms with Crippen LogP contribution in [-0.4, -0.2) is 27.5 Å². The summed E-state index contributed by atoms with van der Waals surface area (Å²) in [4.78, 5) is 12.6. The molecule has 0 atom stereocenters. The molecule has 1 aromatic heterocycles. The fourth-order valence-electron chi connectivity index (χ4n) is 2.55. The number of anilines is 1. The minimum Gasteiger partial charge on any atom is -0.465 e. The highest BCUT2D eigenvalue weighted by Gasteiger charge is 2.22. The Morgan fingerprint density at radius 1 is 1.37 bits per heavy atom. The molecule has 2 aromatic rings. The molecule has 2 heterocycles. The van der Waals surface area contributed by atoms with Crippen LogP contribution >= 0.6 is 0 Å². The van der Waals surface area contributed by atoms with Crippen molar-refractivity contribution in [1.29, 1.82) is 0 Å². The summed E-state index contributed by atoms with van der Waals surface area (Å²) in [6.07, 6.45) is 4.69. The van der Waals surface area contributed by atoms with Gasteiger partial charge in [0.1, 0.15) is 0 Å². The van der Waals surface area contributed by atoms with E-state index in [9.17, 15) is 9.90 Å². The van der Waals surface area contributed by atoms with Crippen molar-refractivity contribution in [2.75, 3.05) is 11.4 Å². The summed E-state index contributed by atoms with van der Waals surface area (Å²) in [5, 5.41) is 13.3. The number of aromatic nitrogens is 2. The highest BCUT2D eigenvalue weighted by Crippen LogP contribution is 2.31. The van der Waals surface area contributed by atoms with Crippen LogP contribution in [0, 0.1) is 0 Å². The van der Waals surface area contributed by atoms with Gasteiger partial charge in [-0.05, 0) is 36.1 Å². The second-order valence-electron chi connectivity index (χ2n) is 4.78. The van der Waals surface area contributed by atoms with E-state index in [0.29, 0.717) is 6.54 Å². The van der Waals surface area contributed by atoms with Gasteiger partial charge in [-0.3, -0.25) is 9.58 Å². The zero-order valence-electron chi connectivity index (χ0n) is 10.7. The van der Waals surface area contributed by atoms with Gasteiger partial charge in [0.15, 0.2) is 0 Å². The van der Waals surface area contributed by atoms with E-state index in [0.717, 1.165) is 35.2 Å². The number of aryl methyl sites for hydroxylation is 2. The van der Waals surface area contributed by atoms with E-state index in [1.807, 2.05) is 31.6 Å². The van der Waals surface area contributed by atoms with Crippen molar-refractivity contribution in [3.63, 3.8) is 0 Å². The summed E-state index contributed by atoms with van der Waals surface area (Å²) >= 11 is 0. The lowest BCUT2D eigenvalue weighted by Crippen LogP contribution is -2.34. The van der Waals surface area contributed by atoms with Gasteiger partial charge in [0, 0.05) is 25.4 Å². The van der Waals surface area contributed by atoms with Crippen LogP contribution in [-0.2, 0) is 13.5 Å². The smallest absolute Gasteiger partial charge is 0.411 e. The molecule has 0 saturated carbocycles. The number of benzene rings is 1. The Balaban J connectivity index is 2.02. The average molecular weight is 257 g/mol. The fraction of sp³-hybridized carbons (Fsp3) is 0.286. The molecule has 1 aliphatic rings. The number of hydrogen-bond acceptors (Lipinski definition) is 2. The molecule has 5 nitrogen and oxygen atoms in total. The number of fused-ring (bicyclic) bond motifs is 1. The maximum absolute atomic E-state index is 11.2. The zero-order chi connectivity index (χ0) is 13.4. The molecule has 1 aliphatic heterocycles. The van der Waals surface area contributed by atoms with Gasteiger partial charge in [-0.1, -0.05) is 6.07 Å². The Morgan fingerprint density at radius 2 is 2.21 bits per heavy atom. The van der Waals surface area contributed by atoms with E-state index in [1.165, 1.54) is 4.90 Å². The molecule has 98 valence electrons. The molecule has 1 N–H and O–H groups in total. The predicted molar refractivity (Wildman–Crippen MR) is 72.3 cm³/mol. The van der Waals surface area contributed by atoms with Gasteiger partial charge in [0.2, 0.25) is 0 Å². The third-order valence-corrected chi connectivity index (χ3v) is 3.47. The maximum atomic E-state index is 11.2. The highest BCUT2D eigenvalue weighted by molar-refractivity contribution is 5.88. The lowest BCUT2D eigenvalue weighted by molar-refractivity contribution is 0.201. The Kier molecular flexibility index (Phi) is 2.74. The van der Waals surface area contributed by atoms with Crippen molar-refractivity contribution in [1.82, 2.24) is 9.78 Å². The SMILES string of the molecule is Cn1cc(-c2ccc3c(c2)CCCN3C(=O)O)cn1. The number of carboxylic acid groups (broad SMARTS) is 1. The molecule has 0 bridgehead atoms. The third kappa shape index (κ3) is 2.07. The minimum absolute atomic E-state index is 0.578. The molecular weight excluding hydrogens is 242 g/mol. The van der Waals surface area contributed by atoms with Crippen LogP contribution < -0.4 is 4.90 Å². The molecule has 0 spiro atoms. The maximum Gasteiger partial charge on any atom is 0.411 e. The van der Waals surface area contributed by atoms with Gasteiger partial charge in [0.25, 0.3) is 0 Å². The summed E-state index contributed by atoms with van der Waals surface area (Å²) in [5.74, 6) is 0. The number of amides is 1. The summed E-state index contributed by atoms with van der Waals surface area (Å²) in [5.41, 5.74) is 4.04. The molecule has 1 aromatic carbocycles. The van der Waals surface area contributed by atoms with E-state index in [2.05, 4.69) is 11.2 Å². The van der Waals surface area contributed by atoms with Gasteiger partial charge in [-0.15, -0.1) is 0 Å². The quantitative estimate of drug-likeness (QED) is 0.854. The van der Waals surface area contributed by atoms with Crippen molar-refractivity contribution in [2.45, 2.75) is 12.8 Å². The first-order valence-corrected chi connectivity index (χ1v) is 6.27. The number of rotatable bonds is 1. The molecular formula is C14H15N3O2. The molecule has 0 aliphatic carbocycles. The van der Waals surface area contributed by atoms with Crippen LogP contribution in [0.15, 0.2) is 30.6 Å². The topological polar surface area (TPSA) is 58.4 Å². The van der Waals surface area contributed by atoms with E-state index >= 15 is 0 Å². The van der Waals surface area contributed by atoms with Gasteiger partial charge in [-0.2, -0.15) is 5.10 Å². The normalized spacial score (nSPS) is 14.3. The van der Waals surface area contributed by atoms with Crippen LogP contribution in [0.4, 0.5) is 10.5 Å². The first-order valence-electron chi connectivity index (χ1n) is 6.27. The van der Waals surface area contributed by atoms with E-state index in [-0.39, 0.29) is 0 Å². The second kappa shape index (κ2) is 4.42. The molecule has 19 heavy (non-hydrogen) atoms. The monoisotopic (exact) mass is 257 g/mol. The molecule has 0 fully saturated rings. The number of carbonyl (C=O) groups is 1. The second-order valence-corrected chi connectivity index (χ2v) is 4.78. The van der Waals surface area contributed by atoms with Crippen molar-refractivity contribution in [3.05, 3.63) is 36.2 Å². The first kappa shape index (κ1) is 11.8. The van der Waals surface area contributed by atoms with Gasteiger partial charge in [-0.25, -0.2) is 4.79 Å². The number of hydrogen-bond donors (Lipinski definition) is 1. The molecule has 0 unspecified atom stereocenters. The Morgan fingerprint density at radius 3 is 2.89 bits per heavy atom. The highest BCUT2D eigenvalue weighted by atomic mass is 16.4. The minimum atomic E-state index is -0.880. The van der Waals surface area contributed by atoms with E-state index < -0.39 is 6.09 Å². The molecule has 1 amide bonds. The molecule has 0 radical (unpaired) electrons. The summed E-state index contributed by atoms with van der Waals surface area (Å²) < 4.78 is 1.76. The van der Waals surface area contributed by atoms with Crippen molar-refractivity contribution >= 4 is 11.8 Å². The van der Waals surface area contributed by atoms with Crippen LogP contribution in [0.25, 0.3) is 11.1 Å². The lowest BCUT2D eigenvalue weighted by atomic mass is 9.97. The average Bonchev–Trinajstić information content (AvgIpc) is 2.84. The largest absolute Gasteiger partial charge is 0.465 e. The Labute approximate surface area is 111 Å². The van der Waals surface area contributed by atoms with Crippen molar-refractivity contribution in [2.24, 2.45) is 7.05 Å². The van der Waals surface area contributed by atoms with Crippen LogP contribution in [0.2, 0.25) is 0 Å². The van der Waals surface area contributed by atoms with Crippen LogP contribution in [0.1, 0.15) is 12.0 Å². The Hall–Kier alpha value is -2.30. The lowest BCUT2D eigenvalue weighted by Gasteiger charge is -2.27. The fourth-order valence-corrected chi connectivity index (χ4v) is 2.55. The molecule has 5 heteroatoms. The first-order chi connectivity index (χ1) is 9.15. The van der Waals surface area contributed by atoms with Gasteiger partial charge < -0.3 is 5.11 Å². The Bertz CT molecular complexity index is 633. The number of nitrogens with zero attached hydrogens (tertiary/aromatic N) is 3. The van der Waals surface area contributed by atoms with E-state index in [1.54, 1.807) is 4.68 Å².